The van der Waals surface area contributed by atoms with Gasteiger partial charge in [-0.3, -0.25) is 0 Å². The highest BCUT2D eigenvalue weighted by Gasteiger charge is 1.99. The van der Waals surface area contributed by atoms with Crippen molar-refractivity contribution in [1.82, 2.24) is 9.97 Å². The van der Waals surface area contributed by atoms with E-state index in [1.807, 2.05) is 30.3 Å². The van der Waals surface area contributed by atoms with Gasteiger partial charge in [0.1, 0.15) is 12.9 Å². The molecule has 0 aliphatic rings. The molecule has 5 nitrogen and oxygen atoms in total. The van der Waals surface area contributed by atoms with Crippen LogP contribution in [0.4, 0.5) is 0 Å². The van der Waals surface area contributed by atoms with E-state index in [0.29, 0.717) is 31.6 Å². The first kappa shape index (κ1) is 13.3. The van der Waals surface area contributed by atoms with Crippen LogP contribution in [0.15, 0.2) is 42.7 Å². The number of hydrogen-bond donors (Lipinski definition) is 0. The van der Waals surface area contributed by atoms with Gasteiger partial charge in [0.15, 0.2) is 0 Å². The zero-order chi connectivity index (χ0) is 13.3. The molecule has 0 saturated carbocycles. The Bertz CT molecular complexity index is 491. The van der Waals surface area contributed by atoms with Gasteiger partial charge >= 0.3 is 0 Å². The molecule has 2 aromatic rings. The summed E-state index contributed by atoms with van der Waals surface area (Å²) in [5.74, 6) is 0.963. The van der Waals surface area contributed by atoms with E-state index >= 15 is 0 Å². The van der Waals surface area contributed by atoms with Crippen LogP contribution in [0.5, 0.6) is 11.8 Å². The van der Waals surface area contributed by atoms with Gasteiger partial charge < -0.3 is 14.2 Å². The average Bonchev–Trinajstić information content (AvgIpc) is 2.48. The minimum atomic E-state index is 0.438. The highest BCUT2D eigenvalue weighted by molar-refractivity contribution is 5.17. The fourth-order valence-electron chi connectivity index (χ4n) is 1.48. The second-order valence-electron chi connectivity index (χ2n) is 3.79. The number of aromatic nitrogens is 2. The van der Waals surface area contributed by atoms with Crippen LogP contribution in [0.25, 0.3) is 0 Å². The Hall–Kier alpha value is -2.14. The molecule has 0 spiro atoms. The number of nitrogens with zero attached hydrogens (tertiary/aromatic N) is 2. The third kappa shape index (κ3) is 4.56. The third-order valence-corrected chi connectivity index (χ3v) is 2.42. The standard InChI is InChI=1S/C14H16N2O3/c1-17-13-9-14(16-11-15-13)19-8-7-18-10-12-5-3-2-4-6-12/h2-6,9,11H,7-8,10H2,1H3. The Morgan fingerprint density at radius 1 is 1.00 bits per heavy atom. The minimum Gasteiger partial charge on any atom is -0.481 e. The maximum atomic E-state index is 5.50. The molecule has 100 valence electrons. The largest absolute Gasteiger partial charge is 0.481 e. The van der Waals surface area contributed by atoms with E-state index in [1.54, 1.807) is 13.2 Å². The van der Waals surface area contributed by atoms with E-state index in [2.05, 4.69) is 9.97 Å². The fourth-order valence-corrected chi connectivity index (χ4v) is 1.48. The van der Waals surface area contributed by atoms with Crippen LogP contribution < -0.4 is 9.47 Å². The monoisotopic (exact) mass is 260 g/mol. The topological polar surface area (TPSA) is 53.5 Å². The molecule has 0 unspecified atom stereocenters. The van der Waals surface area contributed by atoms with E-state index in [9.17, 15) is 0 Å². The van der Waals surface area contributed by atoms with Crippen LogP contribution in [-0.2, 0) is 11.3 Å². The first-order valence-electron chi connectivity index (χ1n) is 5.99. The molecule has 0 fully saturated rings. The minimum absolute atomic E-state index is 0.438. The molecule has 19 heavy (non-hydrogen) atoms. The van der Waals surface area contributed by atoms with Crippen molar-refractivity contribution in [3.05, 3.63) is 48.3 Å². The number of methoxy groups -OCH3 is 1. The number of hydrogen-bond acceptors (Lipinski definition) is 5. The molecule has 1 aromatic heterocycles. The average molecular weight is 260 g/mol. The summed E-state index contributed by atoms with van der Waals surface area (Å²) < 4.78 is 15.9. The van der Waals surface area contributed by atoms with Gasteiger partial charge in [0, 0.05) is 0 Å². The molecule has 1 aromatic carbocycles. The molecule has 0 aliphatic heterocycles. The number of benzene rings is 1. The van der Waals surface area contributed by atoms with Crippen molar-refractivity contribution in [2.75, 3.05) is 20.3 Å². The quantitative estimate of drug-likeness (QED) is 0.713. The molecular weight excluding hydrogens is 244 g/mol. The van der Waals surface area contributed by atoms with E-state index in [1.165, 1.54) is 6.33 Å². The first-order chi connectivity index (χ1) is 9.38. The maximum absolute atomic E-state index is 5.50. The summed E-state index contributed by atoms with van der Waals surface area (Å²) in [6.07, 6.45) is 1.40. The van der Waals surface area contributed by atoms with Crippen molar-refractivity contribution in [2.45, 2.75) is 6.61 Å². The Morgan fingerprint density at radius 2 is 1.79 bits per heavy atom. The van der Waals surface area contributed by atoms with Crippen LogP contribution in [-0.4, -0.2) is 30.3 Å². The SMILES string of the molecule is COc1cc(OCCOCc2ccccc2)ncn1. The molecule has 0 bridgehead atoms. The molecule has 1 heterocycles. The van der Waals surface area contributed by atoms with Crippen molar-refractivity contribution in [2.24, 2.45) is 0 Å². The third-order valence-electron chi connectivity index (χ3n) is 2.42. The lowest BCUT2D eigenvalue weighted by Gasteiger charge is -2.07. The second-order valence-corrected chi connectivity index (χ2v) is 3.79. The number of ether oxygens (including phenoxy) is 3. The molecule has 0 saturated heterocycles. The van der Waals surface area contributed by atoms with Crippen LogP contribution in [0.2, 0.25) is 0 Å². The Kier molecular flexibility index (Phi) is 5.13. The summed E-state index contributed by atoms with van der Waals surface area (Å²) in [5.41, 5.74) is 1.14. The van der Waals surface area contributed by atoms with Gasteiger partial charge in [-0.2, -0.15) is 0 Å². The second kappa shape index (κ2) is 7.33. The summed E-state index contributed by atoms with van der Waals surface area (Å²) in [6.45, 7) is 1.52. The molecule has 0 aliphatic carbocycles. The van der Waals surface area contributed by atoms with Gasteiger partial charge in [-0.25, -0.2) is 9.97 Å². The van der Waals surface area contributed by atoms with Gasteiger partial charge in [-0.1, -0.05) is 30.3 Å². The van der Waals surface area contributed by atoms with Gasteiger partial charge in [0.05, 0.1) is 26.4 Å². The summed E-state index contributed by atoms with van der Waals surface area (Å²) >= 11 is 0. The molecule has 0 N–H and O–H groups in total. The van der Waals surface area contributed by atoms with Gasteiger partial charge in [0.2, 0.25) is 11.8 Å². The lowest BCUT2D eigenvalue weighted by atomic mass is 10.2. The smallest absolute Gasteiger partial charge is 0.220 e. The van der Waals surface area contributed by atoms with Crippen LogP contribution in [0.3, 0.4) is 0 Å². The maximum Gasteiger partial charge on any atom is 0.220 e. The zero-order valence-corrected chi connectivity index (χ0v) is 10.8. The molecule has 5 heteroatoms. The van der Waals surface area contributed by atoms with Crippen LogP contribution in [0.1, 0.15) is 5.56 Å². The molecule has 0 radical (unpaired) electrons. The van der Waals surface area contributed by atoms with Crippen molar-refractivity contribution in [3.63, 3.8) is 0 Å². The highest BCUT2D eigenvalue weighted by Crippen LogP contribution is 2.12. The normalized spacial score (nSPS) is 10.2. The Balaban J connectivity index is 1.66. The van der Waals surface area contributed by atoms with Gasteiger partial charge in [-0.15, -0.1) is 0 Å². The van der Waals surface area contributed by atoms with Crippen molar-refractivity contribution < 1.29 is 14.2 Å². The predicted molar refractivity (Wildman–Crippen MR) is 70.2 cm³/mol. The predicted octanol–water partition coefficient (Wildman–Crippen LogP) is 2.08. The molecular formula is C14H16N2O3. The molecule has 0 atom stereocenters. The molecule has 2 rings (SSSR count). The van der Waals surface area contributed by atoms with Gasteiger partial charge in [0.25, 0.3) is 0 Å². The summed E-state index contributed by atoms with van der Waals surface area (Å²) in [7, 11) is 1.55. The lowest BCUT2D eigenvalue weighted by Crippen LogP contribution is -2.07. The Morgan fingerprint density at radius 3 is 2.58 bits per heavy atom. The van der Waals surface area contributed by atoms with E-state index < -0.39 is 0 Å². The number of rotatable bonds is 7. The van der Waals surface area contributed by atoms with Crippen molar-refractivity contribution >= 4 is 0 Å². The van der Waals surface area contributed by atoms with Crippen LogP contribution >= 0.6 is 0 Å². The molecule has 0 amide bonds. The van der Waals surface area contributed by atoms with E-state index in [0.717, 1.165) is 5.56 Å². The highest BCUT2D eigenvalue weighted by atomic mass is 16.5. The Labute approximate surface area is 112 Å². The fraction of sp³-hybridized carbons (Fsp3) is 0.286. The van der Waals surface area contributed by atoms with Crippen molar-refractivity contribution in [1.29, 1.82) is 0 Å². The van der Waals surface area contributed by atoms with E-state index in [4.69, 9.17) is 14.2 Å². The summed E-state index contributed by atoms with van der Waals surface area (Å²) in [5, 5.41) is 0. The summed E-state index contributed by atoms with van der Waals surface area (Å²) in [6, 6.07) is 11.6. The first-order valence-corrected chi connectivity index (χ1v) is 5.99. The zero-order valence-electron chi connectivity index (χ0n) is 10.8. The van der Waals surface area contributed by atoms with Gasteiger partial charge in [-0.05, 0) is 5.56 Å². The van der Waals surface area contributed by atoms with Crippen LogP contribution in [0, 0.1) is 0 Å². The van der Waals surface area contributed by atoms with Crippen molar-refractivity contribution in [3.8, 4) is 11.8 Å². The van der Waals surface area contributed by atoms with E-state index in [-0.39, 0.29) is 0 Å². The summed E-state index contributed by atoms with van der Waals surface area (Å²) in [4.78, 5) is 7.87. The lowest BCUT2D eigenvalue weighted by molar-refractivity contribution is 0.0873.